The van der Waals surface area contributed by atoms with Crippen LogP contribution in [0.1, 0.15) is 106 Å². The molecule has 50 heavy (non-hydrogen) atoms. The van der Waals surface area contributed by atoms with Crippen LogP contribution in [0.25, 0.3) is 0 Å². The number of Topliss-reactive ketones (excluding diaryl/α,β-unsaturated/α-hetero) is 2. The molecule has 13 heteroatoms. The fourth-order valence-corrected chi connectivity index (χ4v) is 6.19. The van der Waals surface area contributed by atoms with Gasteiger partial charge in [0, 0.05) is 61.8 Å². The van der Waals surface area contributed by atoms with Gasteiger partial charge in [0.2, 0.25) is 0 Å². The summed E-state index contributed by atoms with van der Waals surface area (Å²) in [6, 6.07) is 8.08. The maximum absolute atomic E-state index is 13.2. The number of hydrogen-bond acceptors (Lipinski definition) is 6. The molecule has 0 aliphatic heterocycles. The van der Waals surface area contributed by atoms with Gasteiger partial charge in [-0.1, -0.05) is 30.6 Å². The third-order valence-electron chi connectivity index (χ3n) is 8.14. The Hall–Kier alpha value is -4.48. The molecule has 3 N–H and O–H groups in total. The average molecular weight is 732 g/mol. The Balaban J connectivity index is 0.000000220. The van der Waals surface area contributed by atoms with Gasteiger partial charge in [-0.15, -0.1) is 0 Å². The molecule has 0 bridgehead atoms. The van der Waals surface area contributed by atoms with Gasteiger partial charge in [0.15, 0.2) is 11.6 Å². The lowest BCUT2D eigenvalue weighted by molar-refractivity contribution is 0.0513. The van der Waals surface area contributed by atoms with Crippen molar-refractivity contribution in [1.29, 1.82) is 0 Å². The van der Waals surface area contributed by atoms with E-state index in [9.17, 15) is 28.0 Å². The van der Waals surface area contributed by atoms with Gasteiger partial charge in [-0.25, -0.2) is 13.6 Å². The zero-order chi connectivity index (χ0) is 35.8. The number of benzene rings is 2. The van der Waals surface area contributed by atoms with Crippen molar-refractivity contribution in [3.05, 3.63) is 104 Å². The first-order chi connectivity index (χ1) is 23.3. The van der Waals surface area contributed by atoms with E-state index in [2.05, 4.69) is 5.32 Å². The fourth-order valence-electron chi connectivity index (χ4n) is 5.82. The Morgan fingerprint density at radius 3 is 1.78 bits per heavy atom. The number of rotatable bonds is 4. The molecule has 0 atom stereocenters. The SMILES string of the molecule is C.CCOC(=O)c1c2c(cn1C)C(=O)CCCC2.Cn1cc2c(c1C(=O)Nc1ccc(F)c(Cl)c1)CCCCC2=O.Nc1ccc(F)c(Cl)c1. The predicted octanol–water partition coefficient (Wildman–Crippen LogP) is 8.79. The highest BCUT2D eigenvalue weighted by molar-refractivity contribution is 6.31. The molecule has 0 saturated heterocycles. The summed E-state index contributed by atoms with van der Waals surface area (Å²) in [5.74, 6) is -1.41. The summed E-state index contributed by atoms with van der Waals surface area (Å²) in [6.07, 6.45) is 9.65. The minimum Gasteiger partial charge on any atom is -0.461 e. The van der Waals surface area contributed by atoms with Crippen molar-refractivity contribution < 1.29 is 32.7 Å². The Kier molecular flexibility index (Phi) is 14.4. The van der Waals surface area contributed by atoms with E-state index in [0.717, 1.165) is 43.2 Å². The zero-order valence-corrected chi connectivity index (χ0v) is 29.0. The molecule has 1 amide bonds. The molecular formula is C37H42Cl2F2N4O5. The van der Waals surface area contributed by atoms with Gasteiger partial charge < -0.3 is 24.9 Å². The van der Waals surface area contributed by atoms with Crippen molar-refractivity contribution >= 4 is 58.0 Å². The summed E-state index contributed by atoms with van der Waals surface area (Å²) in [5, 5.41) is 2.73. The molecule has 0 saturated carbocycles. The summed E-state index contributed by atoms with van der Waals surface area (Å²) in [4.78, 5) is 48.5. The summed E-state index contributed by atoms with van der Waals surface area (Å²) < 4.78 is 33.9. The minimum atomic E-state index is -0.539. The molecule has 2 aromatic carbocycles. The van der Waals surface area contributed by atoms with E-state index in [-0.39, 0.29) is 40.9 Å². The molecule has 2 aromatic heterocycles. The van der Waals surface area contributed by atoms with Gasteiger partial charge in [-0.2, -0.15) is 0 Å². The van der Waals surface area contributed by atoms with Crippen molar-refractivity contribution in [2.24, 2.45) is 14.1 Å². The van der Waals surface area contributed by atoms with Crippen molar-refractivity contribution in [3.63, 3.8) is 0 Å². The molecule has 0 radical (unpaired) electrons. The van der Waals surface area contributed by atoms with Crippen LogP contribution in [0.4, 0.5) is 20.2 Å². The van der Waals surface area contributed by atoms with E-state index in [1.165, 1.54) is 36.4 Å². The quantitative estimate of drug-likeness (QED) is 0.123. The van der Waals surface area contributed by atoms with E-state index in [4.69, 9.17) is 33.7 Å². The topological polar surface area (TPSA) is 125 Å². The summed E-state index contributed by atoms with van der Waals surface area (Å²) in [7, 11) is 3.53. The van der Waals surface area contributed by atoms with Crippen molar-refractivity contribution in [2.45, 2.75) is 65.7 Å². The average Bonchev–Trinajstić information content (AvgIpc) is 3.43. The number of halogens is 4. The van der Waals surface area contributed by atoms with Crippen LogP contribution in [0.15, 0.2) is 48.8 Å². The highest BCUT2D eigenvalue weighted by Crippen LogP contribution is 2.28. The number of anilines is 2. The van der Waals surface area contributed by atoms with Crippen LogP contribution in [0.2, 0.25) is 10.0 Å². The van der Waals surface area contributed by atoms with E-state index in [0.29, 0.717) is 59.8 Å². The maximum Gasteiger partial charge on any atom is 0.355 e. The smallest absolute Gasteiger partial charge is 0.355 e. The van der Waals surface area contributed by atoms with Crippen LogP contribution in [0.3, 0.4) is 0 Å². The third-order valence-corrected chi connectivity index (χ3v) is 8.72. The Labute approximate surface area is 300 Å². The molecule has 2 aliphatic rings. The number of hydrogen-bond donors (Lipinski definition) is 2. The number of nitrogens with zero attached hydrogens (tertiary/aromatic N) is 2. The molecule has 2 aliphatic carbocycles. The Bertz CT molecular complexity index is 1890. The van der Waals surface area contributed by atoms with Crippen LogP contribution in [-0.2, 0) is 31.7 Å². The maximum atomic E-state index is 13.2. The number of carbonyl (C=O) groups is 4. The molecule has 0 unspecified atom stereocenters. The number of ether oxygens (including phenoxy) is 1. The van der Waals surface area contributed by atoms with Crippen molar-refractivity contribution in [3.8, 4) is 0 Å². The first-order valence-corrected chi connectivity index (χ1v) is 16.6. The number of aromatic nitrogens is 2. The Morgan fingerprint density at radius 2 is 1.28 bits per heavy atom. The molecule has 9 nitrogen and oxygen atoms in total. The van der Waals surface area contributed by atoms with Gasteiger partial charge in [-0.05, 0) is 93.0 Å². The van der Waals surface area contributed by atoms with Crippen LogP contribution < -0.4 is 11.1 Å². The van der Waals surface area contributed by atoms with Crippen LogP contribution >= 0.6 is 23.2 Å². The number of aryl methyl sites for hydroxylation is 2. The predicted molar refractivity (Wildman–Crippen MR) is 192 cm³/mol. The molecule has 0 fully saturated rings. The molecule has 268 valence electrons. The fraction of sp³-hybridized carbons (Fsp3) is 0.351. The number of ketones is 2. The lowest BCUT2D eigenvalue weighted by atomic mass is 10.1. The highest BCUT2D eigenvalue weighted by Gasteiger charge is 2.27. The number of nitrogens with two attached hydrogens (primary N) is 1. The normalized spacial score (nSPS) is 13.5. The lowest BCUT2D eigenvalue weighted by Crippen LogP contribution is -2.17. The number of amides is 1. The molecular weight excluding hydrogens is 689 g/mol. The van der Waals surface area contributed by atoms with Gasteiger partial charge in [0.25, 0.3) is 5.91 Å². The van der Waals surface area contributed by atoms with Gasteiger partial charge in [0.05, 0.1) is 16.7 Å². The molecule has 4 aromatic rings. The number of fused-ring (bicyclic) bond motifs is 2. The lowest BCUT2D eigenvalue weighted by Gasteiger charge is -2.09. The van der Waals surface area contributed by atoms with Crippen molar-refractivity contribution in [2.75, 3.05) is 17.7 Å². The van der Waals surface area contributed by atoms with Crippen LogP contribution in [-0.4, -0.2) is 39.2 Å². The van der Waals surface area contributed by atoms with Crippen LogP contribution in [0.5, 0.6) is 0 Å². The summed E-state index contributed by atoms with van der Waals surface area (Å²) >= 11 is 11.1. The van der Waals surface area contributed by atoms with Gasteiger partial charge in [-0.3, -0.25) is 14.4 Å². The number of esters is 1. The largest absolute Gasteiger partial charge is 0.461 e. The first-order valence-electron chi connectivity index (χ1n) is 15.9. The second-order valence-corrected chi connectivity index (χ2v) is 12.5. The second-order valence-electron chi connectivity index (χ2n) is 11.7. The molecule has 0 spiro atoms. The first kappa shape index (κ1) is 40.0. The van der Waals surface area contributed by atoms with Gasteiger partial charge in [0.1, 0.15) is 23.0 Å². The number of nitrogens with one attached hydrogen (secondary N) is 1. The van der Waals surface area contributed by atoms with E-state index in [1.807, 2.05) is 0 Å². The molecule has 6 rings (SSSR count). The minimum absolute atomic E-state index is 0. The Morgan fingerprint density at radius 1 is 0.800 bits per heavy atom. The summed E-state index contributed by atoms with van der Waals surface area (Å²) in [5.41, 5.74) is 10.2. The van der Waals surface area contributed by atoms with E-state index >= 15 is 0 Å². The van der Waals surface area contributed by atoms with Gasteiger partial charge >= 0.3 is 5.97 Å². The van der Waals surface area contributed by atoms with E-state index in [1.54, 1.807) is 42.5 Å². The summed E-state index contributed by atoms with van der Waals surface area (Å²) in [6.45, 7) is 2.14. The second kappa shape index (κ2) is 18.0. The van der Waals surface area contributed by atoms with Crippen molar-refractivity contribution in [1.82, 2.24) is 9.13 Å². The third kappa shape index (κ3) is 9.60. The van der Waals surface area contributed by atoms with E-state index < -0.39 is 11.6 Å². The molecule has 2 heterocycles. The monoisotopic (exact) mass is 730 g/mol. The number of nitrogen functional groups attached to an aromatic ring is 1. The zero-order valence-electron chi connectivity index (χ0n) is 27.5. The van der Waals surface area contributed by atoms with Crippen LogP contribution in [0, 0.1) is 11.6 Å². The highest BCUT2D eigenvalue weighted by atomic mass is 35.5. The standard InChI is InChI=1S/C17H16ClFN2O2.C13H17NO3.C6H5ClFN.CH4/c1-21-9-12-11(4-2-3-5-15(12)22)16(21)17(23)20-10-6-7-14(19)13(18)8-10;1-3-17-13(16)12-9-6-4-5-7-11(15)10(9)8-14(12)2;7-5-3-4(9)1-2-6(5)8;/h6-9H,2-5H2,1H3,(H,20,23);8H,3-7H2,1-2H3;1-3H,9H2;1H4. The number of carbonyl (C=O) groups excluding carboxylic acids is 4.